The van der Waals surface area contributed by atoms with Gasteiger partial charge in [-0.2, -0.15) is 0 Å². The molecule has 2 aromatic rings. The van der Waals surface area contributed by atoms with Gasteiger partial charge in [0.2, 0.25) is 11.8 Å². The second-order valence-electron chi connectivity index (χ2n) is 8.87. The molecule has 182 valence electrons. The maximum absolute atomic E-state index is 12.9. The normalized spacial score (nSPS) is 20.2. The van der Waals surface area contributed by atoms with Gasteiger partial charge in [0.15, 0.2) is 0 Å². The molecule has 1 unspecified atom stereocenters. The second kappa shape index (κ2) is 9.83. The van der Waals surface area contributed by atoms with Crippen LogP contribution in [0.2, 0.25) is 0 Å². The summed E-state index contributed by atoms with van der Waals surface area (Å²) in [6, 6.07) is 7.92. The molecule has 1 aromatic heterocycles. The summed E-state index contributed by atoms with van der Waals surface area (Å²) in [4.78, 5) is 57.1. The maximum atomic E-state index is 12.9. The van der Waals surface area contributed by atoms with Crippen LogP contribution in [-0.4, -0.2) is 72.3 Å². The number of nitrogens with zero attached hydrogens (tertiary/aromatic N) is 3. The zero-order valence-corrected chi connectivity index (χ0v) is 19.3. The van der Waals surface area contributed by atoms with Crippen LogP contribution in [-0.2, 0) is 16.0 Å². The number of carbonyl (C=O) groups excluding carboxylic acids is 4. The average Bonchev–Trinajstić information content (AvgIpc) is 3.12. The molecule has 2 fully saturated rings. The highest BCUT2D eigenvalue weighted by Crippen LogP contribution is 2.30. The van der Waals surface area contributed by atoms with Crippen LogP contribution in [0.3, 0.4) is 0 Å². The summed E-state index contributed by atoms with van der Waals surface area (Å²) >= 11 is 0. The van der Waals surface area contributed by atoms with Crippen molar-refractivity contribution in [3.8, 4) is 5.75 Å². The van der Waals surface area contributed by atoms with E-state index in [2.05, 4.69) is 32.7 Å². The fraction of sp³-hybridized carbons (Fsp3) is 0.400. The molecule has 3 aliphatic heterocycles. The Kier molecular flexibility index (Phi) is 6.45. The van der Waals surface area contributed by atoms with Crippen LogP contribution in [0.1, 0.15) is 45.5 Å². The van der Waals surface area contributed by atoms with Crippen molar-refractivity contribution in [1.29, 1.82) is 0 Å². The number of benzene rings is 1. The number of amides is 4. The number of piperazine rings is 1. The van der Waals surface area contributed by atoms with E-state index in [1.54, 1.807) is 18.2 Å². The van der Waals surface area contributed by atoms with Gasteiger partial charge in [-0.15, -0.1) is 0 Å². The van der Waals surface area contributed by atoms with Crippen molar-refractivity contribution in [3.05, 3.63) is 53.2 Å². The fourth-order valence-electron chi connectivity index (χ4n) is 4.65. The molecular formula is C25H27N5O5. The molecule has 2 saturated heterocycles. The molecule has 0 aliphatic carbocycles. The van der Waals surface area contributed by atoms with Crippen LogP contribution >= 0.6 is 0 Å². The van der Waals surface area contributed by atoms with Crippen molar-refractivity contribution >= 4 is 29.4 Å². The lowest BCUT2D eigenvalue weighted by atomic mass is 10.0. The highest BCUT2D eigenvalue weighted by Gasteiger charge is 2.44. The molecular weight excluding hydrogens is 450 g/mol. The number of carbonyl (C=O) groups is 4. The number of hydrogen-bond acceptors (Lipinski definition) is 8. The molecule has 1 aromatic carbocycles. The molecule has 35 heavy (non-hydrogen) atoms. The van der Waals surface area contributed by atoms with Gasteiger partial charge in [-0.3, -0.25) is 29.4 Å². The summed E-state index contributed by atoms with van der Waals surface area (Å²) in [7, 11) is 0. The van der Waals surface area contributed by atoms with Crippen LogP contribution in [0.25, 0.3) is 0 Å². The number of pyridine rings is 1. The van der Waals surface area contributed by atoms with Crippen LogP contribution in [0, 0.1) is 0 Å². The number of nitrogens with one attached hydrogen (secondary N) is 2. The number of rotatable bonds is 7. The van der Waals surface area contributed by atoms with Crippen molar-refractivity contribution in [3.63, 3.8) is 0 Å². The molecule has 1 atom stereocenters. The summed E-state index contributed by atoms with van der Waals surface area (Å²) < 4.78 is 5.83. The summed E-state index contributed by atoms with van der Waals surface area (Å²) in [5, 5.41) is 5.53. The zero-order valence-electron chi connectivity index (χ0n) is 19.3. The molecule has 0 radical (unpaired) electrons. The Labute approximate surface area is 202 Å². The number of ether oxygens (including phenoxy) is 1. The zero-order chi connectivity index (χ0) is 24.4. The lowest BCUT2D eigenvalue weighted by Gasteiger charge is -2.28. The first kappa shape index (κ1) is 23.0. The average molecular weight is 478 g/mol. The minimum absolute atomic E-state index is 0.0894. The summed E-state index contributed by atoms with van der Waals surface area (Å²) in [6.45, 7) is 4.30. The molecule has 2 N–H and O–H groups in total. The van der Waals surface area contributed by atoms with Crippen molar-refractivity contribution in [2.45, 2.75) is 31.7 Å². The van der Waals surface area contributed by atoms with E-state index >= 15 is 0 Å². The molecule has 10 heteroatoms. The van der Waals surface area contributed by atoms with Gasteiger partial charge in [-0.25, -0.2) is 4.98 Å². The monoisotopic (exact) mass is 477 g/mol. The number of anilines is 1. The lowest BCUT2D eigenvalue weighted by Crippen LogP contribution is -2.54. The summed E-state index contributed by atoms with van der Waals surface area (Å²) in [5.74, 6) is -0.603. The Bertz CT molecular complexity index is 1160. The van der Waals surface area contributed by atoms with E-state index in [0.29, 0.717) is 12.4 Å². The van der Waals surface area contributed by atoms with Gasteiger partial charge in [0.1, 0.15) is 17.6 Å². The molecule has 0 spiro atoms. The van der Waals surface area contributed by atoms with E-state index in [1.807, 2.05) is 6.20 Å². The molecule has 4 amide bonds. The van der Waals surface area contributed by atoms with Gasteiger partial charge >= 0.3 is 0 Å². The quantitative estimate of drug-likeness (QED) is 0.446. The summed E-state index contributed by atoms with van der Waals surface area (Å²) in [5.41, 5.74) is 1.58. The van der Waals surface area contributed by atoms with Gasteiger partial charge in [-0.1, -0.05) is 6.07 Å². The maximum Gasteiger partial charge on any atom is 0.262 e. The van der Waals surface area contributed by atoms with Gasteiger partial charge < -0.3 is 15.0 Å². The minimum atomic E-state index is -0.976. The topological polar surface area (TPSA) is 121 Å². The largest absolute Gasteiger partial charge is 0.494 e. The minimum Gasteiger partial charge on any atom is -0.494 e. The number of fused-ring (bicyclic) bond motifs is 1. The number of aromatic nitrogens is 1. The van der Waals surface area contributed by atoms with E-state index in [9.17, 15) is 19.2 Å². The highest BCUT2D eigenvalue weighted by atomic mass is 16.5. The number of piperidine rings is 1. The van der Waals surface area contributed by atoms with E-state index in [4.69, 9.17) is 4.74 Å². The van der Waals surface area contributed by atoms with Crippen molar-refractivity contribution in [2.24, 2.45) is 0 Å². The third kappa shape index (κ3) is 4.74. The molecule has 5 rings (SSSR count). The van der Waals surface area contributed by atoms with Gasteiger partial charge in [0.25, 0.3) is 11.8 Å². The van der Waals surface area contributed by atoms with Crippen molar-refractivity contribution in [1.82, 2.24) is 20.5 Å². The van der Waals surface area contributed by atoms with Crippen molar-refractivity contribution in [2.75, 3.05) is 37.7 Å². The Balaban J connectivity index is 1.15. The first-order valence-electron chi connectivity index (χ1n) is 11.9. The van der Waals surface area contributed by atoms with E-state index in [-0.39, 0.29) is 24.0 Å². The predicted octanol–water partition coefficient (Wildman–Crippen LogP) is 0.904. The van der Waals surface area contributed by atoms with E-state index < -0.39 is 29.7 Å². The third-order valence-electron chi connectivity index (χ3n) is 6.54. The molecule has 0 bridgehead atoms. The SMILES string of the molecule is O=C1CCC(N2C(=O)c3ccc(OCCCc4ccc(N5CCNCC5)nc4)cc3C2=O)C(=O)N1. The van der Waals surface area contributed by atoms with Crippen LogP contribution in [0.15, 0.2) is 36.5 Å². The fourth-order valence-corrected chi connectivity index (χ4v) is 4.65. The van der Waals surface area contributed by atoms with E-state index in [1.165, 1.54) is 0 Å². The first-order chi connectivity index (χ1) is 17.0. The van der Waals surface area contributed by atoms with Crippen LogP contribution < -0.4 is 20.3 Å². The van der Waals surface area contributed by atoms with Gasteiger partial charge in [0.05, 0.1) is 17.7 Å². The smallest absolute Gasteiger partial charge is 0.262 e. The Morgan fingerprint density at radius 2 is 1.80 bits per heavy atom. The number of aryl methyl sites for hydroxylation is 1. The standard InChI is InChI=1S/C25H27N5O5/c31-22-8-6-20(23(32)28-22)30-24(33)18-5-4-17(14-19(18)25(30)34)35-13-1-2-16-3-7-21(27-15-16)29-11-9-26-10-12-29/h3-5,7,14-15,20,26H,1-2,6,8-13H2,(H,28,31,32). The predicted molar refractivity (Wildman–Crippen MR) is 126 cm³/mol. The van der Waals surface area contributed by atoms with Crippen molar-refractivity contribution < 1.29 is 23.9 Å². The van der Waals surface area contributed by atoms with Crippen LogP contribution in [0.5, 0.6) is 5.75 Å². The van der Waals surface area contributed by atoms with Gasteiger partial charge in [-0.05, 0) is 49.1 Å². The Morgan fingerprint density at radius 3 is 2.54 bits per heavy atom. The Morgan fingerprint density at radius 1 is 1.00 bits per heavy atom. The van der Waals surface area contributed by atoms with E-state index in [0.717, 1.165) is 55.3 Å². The third-order valence-corrected chi connectivity index (χ3v) is 6.54. The van der Waals surface area contributed by atoms with Gasteiger partial charge in [0, 0.05) is 38.8 Å². The number of imide groups is 2. The summed E-state index contributed by atoms with van der Waals surface area (Å²) in [6.07, 6.45) is 3.69. The molecule has 4 heterocycles. The van der Waals surface area contributed by atoms with Crippen LogP contribution in [0.4, 0.5) is 5.82 Å². The Hall–Kier alpha value is -3.79. The number of hydrogen-bond donors (Lipinski definition) is 2. The first-order valence-corrected chi connectivity index (χ1v) is 11.9. The lowest BCUT2D eigenvalue weighted by molar-refractivity contribution is -0.136. The highest BCUT2D eigenvalue weighted by molar-refractivity contribution is 6.23. The molecule has 0 saturated carbocycles. The molecule has 3 aliphatic rings. The molecule has 10 nitrogen and oxygen atoms in total. The second-order valence-corrected chi connectivity index (χ2v) is 8.87.